The second-order valence-electron chi connectivity index (χ2n) is 4.47. The molecule has 15 heavy (non-hydrogen) atoms. The highest BCUT2D eigenvalue weighted by atomic mass is 16.6. The Kier molecular flexibility index (Phi) is 1.37. The van der Waals surface area contributed by atoms with Gasteiger partial charge in [-0.1, -0.05) is 6.92 Å². The Hall–Kier alpha value is -1.52. The zero-order valence-corrected chi connectivity index (χ0v) is 8.01. The molecule has 0 amide bonds. The van der Waals surface area contributed by atoms with Gasteiger partial charge in [-0.25, -0.2) is 0 Å². The lowest BCUT2D eigenvalue weighted by Crippen LogP contribution is -2.26. The van der Waals surface area contributed by atoms with Crippen LogP contribution >= 0.6 is 0 Å². The summed E-state index contributed by atoms with van der Waals surface area (Å²) in [5.41, 5.74) is 0. The second-order valence-corrected chi connectivity index (χ2v) is 4.47. The van der Waals surface area contributed by atoms with E-state index in [1.807, 2.05) is 6.92 Å². The molecule has 0 aromatic rings. The van der Waals surface area contributed by atoms with Crippen molar-refractivity contribution in [1.29, 1.82) is 0 Å². The average Bonchev–Trinajstić information content (AvgIpc) is 2.68. The number of fused-ring (bicyclic) bond motifs is 5. The fourth-order valence-corrected chi connectivity index (χ4v) is 3.33. The van der Waals surface area contributed by atoms with Crippen LogP contribution in [0.25, 0.3) is 0 Å². The van der Waals surface area contributed by atoms with Gasteiger partial charge in [0.15, 0.2) is 0 Å². The quantitative estimate of drug-likeness (QED) is 0.450. The predicted octanol–water partition coefficient (Wildman–Crippen LogP) is 0.525. The molecule has 1 saturated carbocycles. The van der Waals surface area contributed by atoms with E-state index in [9.17, 15) is 19.8 Å². The highest BCUT2D eigenvalue weighted by Crippen LogP contribution is 2.59. The molecule has 2 N–H and O–H groups in total. The van der Waals surface area contributed by atoms with Crippen molar-refractivity contribution < 1.29 is 24.5 Å². The smallest absolute Gasteiger partial charge is 0.318 e. The number of cyclic esters (lactones) is 2. The summed E-state index contributed by atoms with van der Waals surface area (Å²) in [5, 5.41) is 19.2. The topological polar surface area (TPSA) is 83.8 Å². The van der Waals surface area contributed by atoms with E-state index >= 15 is 0 Å². The molecule has 2 aliphatic carbocycles. The minimum atomic E-state index is -0.589. The largest absolute Gasteiger partial charge is 0.508 e. The van der Waals surface area contributed by atoms with Crippen molar-refractivity contribution in [3.05, 3.63) is 11.5 Å². The van der Waals surface area contributed by atoms with E-state index in [2.05, 4.69) is 4.74 Å². The molecule has 80 valence electrons. The van der Waals surface area contributed by atoms with E-state index in [-0.39, 0.29) is 17.4 Å². The molecular weight excluding hydrogens is 200 g/mol. The van der Waals surface area contributed by atoms with Crippen LogP contribution in [0.5, 0.6) is 0 Å². The summed E-state index contributed by atoms with van der Waals surface area (Å²) in [4.78, 5) is 22.8. The van der Waals surface area contributed by atoms with Crippen molar-refractivity contribution in [1.82, 2.24) is 0 Å². The Labute approximate surface area is 85.3 Å². The minimum Gasteiger partial charge on any atom is -0.508 e. The van der Waals surface area contributed by atoms with Crippen molar-refractivity contribution >= 4 is 11.9 Å². The summed E-state index contributed by atoms with van der Waals surface area (Å²) < 4.78 is 4.53. The van der Waals surface area contributed by atoms with E-state index < -0.39 is 35.6 Å². The van der Waals surface area contributed by atoms with E-state index in [0.29, 0.717) is 0 Å². The molecule has 3 rings (SSSR count). The summed E-state index contributed by atoms with van der Waals surface area (Å²) in [6, 6.07) is 0. The molecule has 1 aliphatic heterocycles. The van der Waals surface area contributed by atoms with Crippen molar-refractivity contribution in [3.8, 4) is 0 Å². The number of ether oxygens (including phenoxy) is 1. The molecule has 0 aromatic heterocycles. The lowest BCUT2D eigenvalue weighted by atomic mass is 9.83. The maximum atomic E-state index is 11.4. The van der Waals surface area contributed by atoms with Crippen LogP contribution in [-0.4, -0.2) is 22.2 Å². The van der Waals surface area contributed by atoms with Gasteiger partial charge in [0.2, 0.25) is 0 Å². The van der Waals surface area contributed by atoms with Gasteiger partial charge in [0, 0.05) is 11.8 Å². The van der Waals surface area contributed by atoms with Crippen LogP contribution in [-0.2, 0) is 14.3 Å². The third-order valence-corrected chi connectivity index (χ3v) is 3.93. The molecular formula is C10H10O5. The van der Waals surface area contributed by atoms with Crippen molar-refractivity contribution in [3.63, 3.8) is 0 Å². The van der Waals surface area contributed by atoms with E-state index in [1.165, 1.54) is 0 Å². The summed E-state index contributed by atoms with van der Waals surface area (Å²) >= 11 is 0. The molecule has 1 unspecified atom stereocenters. The van der Waals surface area contributed by atoms with Gasteiger partial charge in [0.25, 0.3) is 0 Å². The summed E-state index contributed by atoms with van der Waals surface area (Å²) in [6.45, 7) is 1.83. The maximum absolute atomic E-state index is 11.4. The zero-order valence-electron chi connectivity index (χ0n) is 8.01. The van der Waals surface area contributed by atoms with Crippen LogP contribution in [0.4, 0.5) is 0 Å². The molecule has 2 bridgehead atoms. The van der Waals surface area contributed by atoms with Gasteiger partial charge in [0.1, 0.15) is 11.5 Å². The Morgan fingerprint density at radius 1 is 0.933 bits per heavy atom. The first-order valence-electron chi connectivity index (χ1n) is 4.91. The molecule has 1 heterocycles. The number of carbonyl (C=O) groups is 2. The van der Waals surface area contributed by atoms with Gasteiger partial charge in [-0.2, -0.15) is 0 Å². The molecule has 0 radical (unpaired) electrons. The molecule has 2 fully saturated rings. The van der Waals surface area contributed by atoms with Crippen LogP contribution in [0.3, 0.4) is 0 Å². The Morgan fingerprint density at radius 3 is 1.73 bits per heavy atom. The van der Waals surface area contributed by atoms with Crippen LogP contribution in [0.1, 0.15) is 6.92 Å². The van der Waals surface area contributed by atoms with Crippen LogP contribution in [0.2, 0.25) is 0 Å². The summed E-state index contributed by atoms with van der Waals surface area (Å²) in [6.07, 6.45) is 0. The number of hydrogen-bond donors (Lipinski definition) is 2. The SMILES string of the molecule is CC1[C@H]2C(O)=C(O)[C@@H]1[C@@H]1C(=O)OC(=O)[C@@H]12. The highest BCUT2D eigenvalue weighted by Gasteiger charge is 2.67. The number of carbonyl (C=O) groups excluding carboxylic acids is 2. The molecule has 1 saturated heterocycles. The molecule has 5 atom stereocenters. The average molecular weight is 210 g/mol. The Morgan fingerprint density at radius 2 is 1.33 bits per heavy atom. The molecule has 3 aliphatic rings. The fourth-order valence-electron chi connectivity index (χ4n) is 3.33. The summed E-state index contributed by atoms with van der Waals surface area (Å²) in [7, 11) is 0. The molecule has 0 aromatic carbocycles. The predicted molar refractivity (Wildman–Crippen MR) is 46.5 cm³/mol. The van der Waals surface area contributed by atoms with Crippen LogP contribution < -0.4 is 0 Å². The molecule has 5 nitrogen and oxygen atoms in total. The second kappa shape index (κ2) is 2.35. The number of aliphatic hydroxyl groups is 2. The fraction of sp³-hybridized carbons (Fsp3) is 0.600. The van der Waals surface area contributed by atoms with E-state index in [1.54, 1.807) is 0 Å². The highest BCUT2D eigenvalue weighted by molar-refractivity contribution is 5.98. The Bertz CT molecular complexity index is 370. The first-order chi connectivity index (χ1) is 7.04. The minimum absolute atomic E-state index is 0.0724. The summed E-state index contributed by atoms with van der Waals surface area (Å²) in [5.74, 6) is -3.55. The van der Waals surface area contributed by atoms with Gasteiger partial charge in [0.05, 0.1) is 11.8 Å². The van der Waals surface area contributed by atoms with Gasteiger partial charge in [-0.05, 0) is 5.92 Å². The maximum Gasteiger partial charge on any atom is 0.318 e. The third-order valence-electron chi connectivity index (χ3n) is 3.93. The van der Waals surface area contributed by atoms with Crippen molar-refractivity contribution in [2.75, 3.05) is 0 Å². The number of esters is 2. The van der Waals surface area contributed by atoms with Crippen LogP contribution in [0, 0.1) is 29.6 Å². The Balaban J connectivity index is 2.14. The number of hydrogen-bond acceptors (Lipinski definition) is 5. The number of rotatable bonds is 0. The van der Waals surface area contributed by atoms with Crippen molar-refractivity contribution in [2.45, 2.75) is 6.92 Å². The van der Waals surface area contributed by atoms with Crippen molar-refractivity contribution in [2.24, 2.45) is 29.6 Å². The van der Waals surface area contributed by atoms with Crippen LogP contribution in [0.15, 0.2) is 11.5 Å². The first-order valence-corrected chi connectivity index (χ1v) is 4.91. The number of aliphatic hydroxyl groups excluding tert-OH is 2. The number of allylic oxidation sites excluding steroid dienone is 2. The first kappa shape index (κ1) is 8.76. The van der Waals surface area contributed by atoms with E-state index in [4.69, 9.17) is 0 Å². The van der Waals surface area contributed by atoms with E-state index in [0.717, 1.165) is 0 Å². The normalized spacial score (nSPS) is 47.4. The third kappa shape index (κ3) is 0.760. The molecule has 0 spiro atoms. The lowest BCUT2D eigenvalue weighted by Gasteiger charge is -2.18. The standard InChI is InChI=1S/C10H10O5/c1-2-3-5-6(10(14)15-9(5)13)4(2)8(12)7(3)11/h2-6,11-12H,1H3/t2?,3-,4+,5-,6+. The zero-order chi connectivity index (χ0) is 10.9. The monoisotopic (exact) mass is 210 g/mol. The van der Waals surface area contributed by atoms with Gasteiger partial charge in [-0.3, -0.25) is 9.59 Å². The lowest BCUT2D eigenvalue weighted by molar-refractivity contribution is -0.155. The van der Waals surface area contributed by atoms with Gasteiger partial charge >= 0.3 is 11.9 Å². The van der Waals surface area contributed by atoms with Gasteiger partial charge < -0.3 is 14.9 Å². The van der Waals surface area contributed by atoms with Gasteiger partial charge in [-0.15, -0.1) is 0 Å². The molecule has 5 heteroatoms.